The van der Waals surface area contributed by atoms with E-state index in [0.29, 0.717) is 10.7 Å². The first-order valence-electron chi connectivity index (χ1n) is 6.46. The van der Waals surface area contributed by atoms with Crippen molar-refractivity contribution in [1.82, 2.24) is 4.98 Å². The molecule has 1 atom stereocenters. The van der Waals surface area contributed by atoms with Crippen LogP contribution in [0.15, 0.2) is 47.8 Å². The van der Waals surface area contributed by atoms with Gasteiger partial charge in [-0.2, -0.15) is 0 Å². The molecule has 21 heavy (non-hydrogen) atoms. The second-order valence-electron chi connectivity index (χ2n) is 4.66. The van der Waals surface area contributed by atoms with Gasteiger partial charge in [0.25, 0.3) is 0 Å². The Morgan fingerprint density at radius 2 is 2.05 bits per heavy atom. The number of benzene rings is 1. The molecule has 1 unspecified atom stereocenters. The van der Waals surface area contributed by atoms with Crippen LogP contribution in [0.4, 0.5) is 5.69 Å². The van der Waals surface area contributed by atoms with Gasteiger partial charge < -0.3 is 15.8 Å². The van der Waals surface area contributed by atoms with Gasteiger partial charge in [-0.3, -0.25) is 4.98 Å². The molecule has 0 saturated heterocycles. The van der Waals surface area contributed by atoms with E-state index in [1.807, 2.05) is 49.2 Å². The minimum absolute atomic E-state index is 0.00754. The number of oxime groups is 1. The maximum Gasteiger partial charge on any atom is 0.190 e. The average molecular weight is 305 g/mol. The highest BCUT2D eigenvalue weighted by Crippen LogP contribution is 2.30. The predicted molar refractivity (Wildman–Crippen MR) is 85.0 cm³/mol. The zero-order chi connectivity index (χ0) is 15.4. The van der Waals surface area contributed by atoms with E-state index in [2.05, 4.69) is 10.1 Å². The Hall–Kier alpha value is -2.27. The average Bonchev–Trinajstić information content (AvgIpc) is 2.53. The maximum atomic E-state index is 8.88. The van der Waals surface area contributed by atoms with Gasteiger partial charge in [0.05, 0.1) is 11.7 Å². The van der Waals surface area contributed by atoms with Crippen molar-refractivity contribution in [2.45, 2.75) is 13.0 Å². The van der Waals surface area contributed by atoms with Gasteiger partial charge in [0.15, 0.2) is 5.84 Å². The lowest BCUT2D eigenvalue weighted by atomic mass is 10.1. The number of nitrogens with two attached hydrogens (primary N) is 1. The summed E-state index contributed by atoms with van der Waals surface area (Å²) in [7, 11) is 1.92. The van der Waals surface area contributed by atoms with E-state index in [4.69, 9.17) is 22.5 Å². The lowest BCUT2D eigenvalue weighted by Crippen LogP contribution is -2.26. The van der Waals surface area contributed by atoms with Gasteiger partial charge in [0, 0.05) is 18.3 Å². The summed E-state index contributed by atoms with van der Waals surface area (Å²) in [6.45, 7) is 2.03. The molecule has 2 aromatic rings. The zero-order valence-electron chi connectivity index (χ0n) is 11.9. The van der Waals surface area contributed by atoms with Crippen molar-refractivity contribution in [2.24, 2.45) is 10.9 Å². The van der Waals surface area contributed by atoms with Gasteiger partial charge in [-0.1, -0.05) is 35.0 Å². The standard InChI is InChI=1S/C15H17ClN4O/c1-10(11-6-3-4-7-12(11)16)20(2)13-8-5-9-18-14(13)15(17)19-21/h3-10,21H,1-2H3,(H2,17,19). The highest BCUT2D eigenvalue weighted by Gasteiger charge is 2.19. The summed E-state index contributed by atoms with van der Waals surface area (Å²) in [5.74, 6) is -0.0243. The molecule has 0 amide bonds. The number of halogens is 1. The number of aromatic nitrogens is 1. The Balaban J connectivity index is 2.41. The van der Waals surface area contributed by atoms with Crippen molar-refractivity contribution in [3.05, 3.63) is 58.9 Å². The summed E-state index contributed by atoms with van der Waals surface area (Å²) < 4.78 is 0. The molecule has 3 N–H and O–H groups in total. The van der Waals surface area contributed by atoms with Crippen LogP contribution < -0.4 is 10.6 Å². The lowest BCUT2D eigenvalue weighted by molar-refractivity contribution is 0.318. The normalized spacial score (nSPS) is 13.0. The Morgan fingerprint density at radius 1 is 1.33 bits per heavy atom. The molecule has 2 rings (SSSR count). The third-order valence-corrected chi connectivity index (χ3v) is 3.80. The second-order valence-corrected chi connectivity index (χ2v) is 5.07. The van der Waals surface area contributed by atoms with Crippen LogP contribution in [-0.4, -0.2) is 23.1 Å². The fraction of sp³-hybridized carbons (Fsp3) is 0.200. The summed E-state index contributed by atoms with van der Waals surface area (Å²) in [5, 5.41) is 12.6. The number of hydrogen-bond donors (Lipinski definition) is 2. The third kappa shape index (κ3) is 3.08. The van der Waals surface area contributed by atoms with Crippen molar-refractivity contribution >= 4 is 23.1 Å². The molecule has 1 aromatic heterocycles. The molecular weight excluding hydrogens is 288 g/mol. The van der Waals surface area contributed by atoms with Crippen molar-refractivity contribution < 1.29 is 5.21 Å². The predicted octanol–water partition coefficient (Wildman–Crippen LogP) is 3.03. The quantitative estimate of drug-likeness (QED) is 0.394. The number of amidine groups is 1. The number of pyridine rings is 1. The number of anilines is 1. The fourth-order valence-electron chi connectivity index (χ4n) is 2.16. The van der Waals surface area contributed by atoms with E-state index < -0.39 is 0 Å². The van der Waals surface area contributed by atoms with Crippen LogP contribution >= 0.6 is 11.6 Å². The van der Waals surface area contributed by atoms with Gasteiger partial charge >= 0.3 is 0 Å². The third-order valence-electron chi connectivity index (χ3n) is 3.45. The second kappa shape index (κ2) is 6.45. The van der Waals surface area contributed by atoms with Crippen LogP contribution in [-0.2, 0) is 0 Å². The molecule has 1 aromatic carbocycles. The van der Waals surface area contributed by atoms with E-state index in [1.165, 1.54) is 0 Å². The summed E-state index contributed by atoms with van der Waals surface area (Å²) >= 11 is 6.25. The molecular formula is C15H17ClN4O. The van der Waals surface area contributed by atoms with Gasteiger partial charge in [0.2, 0.25) is 0 Å². The van der Waals surface area contributed by atoms with Crippen LogP contribution in [0.2, 0.25) is 5.02 Å². The molecule has 0 aliphatic rings. The largest absolute Gasteiger partial charge is 0.409 e. The zero-order valence-corrected chi connectivity index (χ0v) is 12.6. The number of rotatable bonds is 4. The molecule has 6 heteroatoms. The molecule has 0 spiro atoms. The minimum Gasteiger partial charge on any atom is -0.409 e. The lowest BCUT2D eigenvalue weighted by Gasteiger charge is -2.29. The smallest absolute Gasteiger partial charge is 0.190 e. The van der Waals surface area contributed by atoms with Gasteiger partial charge in [-0.15, -0.1) is 0 Å². The van der Waals surface area contributed by atoms with Gasteiger partial charge in [-0.05, 0) is 30.7 Å². The Labute approximate surface area is 128 Å². The van der Waals surface area contributed by atoms with Crippen molar-refractivity contribution in [3.8, 4) is 0 Å². The van der Waals surface area contributed by atoms with Crippen LogP contribution in [0.3, 0.4) is 0 Å². The highest BCUT2D eigenvalue weighted by atomic mass is 35.5. The van der Waals surface area contributed by atoms with E-state index in [-0.39, 0.29) is 11.9 Å². The van der Waals surface area contributed by atoms with Crippen LogP contribution in [0.5, 0.6) is 0 Å². The molecule has 0 saturated carbocycles. The minimum atomic E-state index is -0.0243. The van der Waals surface area contributed by atoms with Crippen LogP contribution in [0, 0.1) is 0 Å². The monoisotopic (exact) mass is 304 g/mol. The first-order chi connectivity index (χ1) is 10.1. The van der Waals surface area contributed by atoms with Crippen molar-refractivity contribution in [3.63, 3.8) is 0 Å². The molecule has 110 valence electrons. The van der Waals surface area contributed by atoms with E-state index >= 15 is 0 Å². The van der Waals surface area contributed by atoms with Crippen LogP contribution in [0.25, 0.3) is 0 Å². The van der Waals surface area contributed by atoms with E-state index in [0.717, 1.165) is 11.3 Å². The molecule has 5 nitrogen and oxygen atoms in total. The number of nitrogens with zero attached hydrogens (tertiary/aromatic N) is 3. The van der Waals surface area contributed by atoms with E-state index in [9.17, 15) is 0 Å². The molecule has 0 fully saturated rings. The van der Waals surface area contributed by atoms with Gasteiger partial charge in [0.1, 0.15) is 5.69 Å². The first-order valence-corrected chi connectivity index (χ1v) is 6.84. The summed E-state index contributed by atoms with van der Waals surface area (Å²) in [5.41, 5.74) is 7.88. The molecule has 1 heterocycles. The van der Waals surface area contributed by atoms with Crippen LogP contribution in [0.1, 0.15) is 24.2 Å². The van der Waals surface area contributed by atoms with Crippen molar-refractivity contribution in [1.29, 1.82) is 0 Å². The molecule has 0 radical (unpaired) electrons. The summed E-state index contributed by atoms with van der Waals surface area (Å²) in [4.78, 5) is 6.17. The number of hydrogen-bond acceptors (Lipinski definition) is 4. The molecule has 0 aliphatic carbocycles. The first kappa shape index (κ1) is 15.1. The topological polar surface area (TPSA) is 74.7 Å². The van der Waals surface area contributed by atoms with E-state index in [1.54, 1.807) is 12.3 Å². The Bertz CT molecular complexity index is 660. The molecule has 0 aliphatic heterocycles. The Kier molecular flexibility index (Phi) is 4.65. The highest BCUT2D eigenvalue weighted by molar-refractivity contribution is 6.31. The molecule has 0 bridgehead atoms. The fourth-order valence-corrected chi connectivity index (χ4v) is 2.45. The SMILES string of the molecule is CC(c1ccccc1Cl)N(C)c1cccnc1/C(N)=N/O. The summed E-state index contributed by atoms with van der Waals surface area (Å²) in [6, 6.07) is 11.3. The van der Waals surface area contributed by atoms with Crippen molar-refractivity contribution in [2.75, 3.05) is 11.9 Å². The van der Waals surface area contributed by atoms with Gasteiger partial charge in [-0.25, -0.2) is 0 Å². The summed E-state index contributed by atoms with van der Waals surface area (Å²) in [6.07, 6.45) is 1.60. The maximum absolute atomic E-state index is 8.88. The Morgan fingerprint density at radius 3 is 2.71 bits per heavy atom.